The van der Waals surface area contributed by atoms with Crippen molar-refractivity contribution in [2.75, 3.05) is 11.5 Å². The van der Waals surface area contributed by atoms with E-state index in [-0.39, 0.29) is 18.1 Å². The first kappa shape index (κ1) is 13.6. The maximum absolute atomic E-state index is 12.0. The highest BCUT2D eigenvalue weighted by atomic mass is 32.2. The maximum atomic E-state index is 12.0. The third-order valence-electron chi connectivity index (χ3n) is 4.32. The molecular weight excluding hydrogens is 272 g/mol. The Labute approximate surface area is 121 Å². The van der Waals surface area contributed by atoms with Crippen LogP contribution in [0.3, 0.4) is 0 Å². The highest BCUT2D eigenvalue weighted by Gasteiger charge is 2.30. The molecule has 2 unspecified atom stereocenters. The minimum Gasteiger partial charge on any atom is -0.334 e. The summed E-state index contributed by atoms with van der Waals surface area (Å²) < 4.78 is 11.3. The Morgan fingerprint density at radius 1 is 1.30 bits per heavy atom. The normalized spacial score (nSPS) is 31.9. The van der Waals surface area contributed by atoms with E-state index in [9.17, 15) is 9.00 Å². The molecular formula is C15H20N2O2S. The molecule has 2 aliphatic rings. The number of amides is 2. The molecule has 4 atom stereocenters. The molecule has 1 aliphatic heterocycles. The second-order valence-electron chi connectivity index (χ2n) is 5.71. The predicted octanol–water partition coefficient (Wildman–Crippen LogP) is 1.54. The van der Waals surface area contributed by atoms with Crippen LogP contribution < -0.4 is 10.6 Å². The Bertz CT molecular complexity index is 546. The van der Waals surface area contributed by atoms with Crippen LogP contribution in [-0.4, -0.2) is 33.8 Å². The van der Waals surface area contributed by atoms with Gasteiger partial charge in [-0.15, -0.1) is 0 Å². The Kier molecular flexibility index (Phi) is 3.78. The number of urea groups is 1. The van der Waals surface area contributed by atoms with E-state index in [1.54, 1.807) is 0 Å². The zero-order valence-corrected chi connectivity index (χ0v) is 12.4. The van der Waals surface area contributed by atoms with Crippen molar-refractivity contribution < 1.29 is 9.00 Å². The van der Waals surface area contributed by atoms with Gasteiger partial charge in [0, 0.05) is 40.3 Å². The van der Waals surface area contributed by atoms with Crippen molar-refractivity contribution in [3.8, 4) is 0 Å². The average molecular weight is 292 g/mol. The van der Waals surface area contributed by atoms with Crippen LogP contribution in [-0.2, 0) is 17.2 Å². The van der Waals surface area contributed by atoms with Gasteiger partial charge in [0.2, 0.25) is 0 Å². The van der Waals surface area contributed by atoms with Gasteiger partial charge in [-0.1, -0.05) is 31.2 Å². The van der Waals surface area contributed by atoms with E-state index in [2.05, 4.69) is 29.7 Å². The molecule has 0 aromatic heterocycles. The molecule has 1 saturated heterocycles. The van der Waals surface area contributed by atoms with Gasteiger partial charge in [0.15, 0.2) is 0 Å². The molecule has 1 aromatic rings. The number of carbonyl (C=O) groups excluding carboxylic acids is 1. The summed E-state index contributed by atoms with van der Waals surface area (Å²) >= 11 is 0. The fraction of sp³-hybridized carbons (Fsp3) is 0.533. The van der Waals surface area contributed by atoms with E-state index in [1.807, 2.05) is 12.1 Å². The van der Waals surface area contributed by atoms with Crippen LogP contribution in [0, 0.1) is 0 Å². The Balaban J connectivity index is 1.57. The molecule has 1 aromatic carbocycles. The summed E-state index contributed by atoms with van der Waals surface area (Å²) in [5, 5.41) is 6.01. The molecule has 20 heavy (non-hydrogen) atoms. The SMILES string of the molecule is C[C@H]1c2ccccc2C[C@H]1NC(=O)NC1CCS(=O)C1. The average Bonchev–Trinajstić information content (AvgIpc) is 2.95. The van der Waals surface area contributed by atoms with Crippen molar-refractivity contribution in [3.05, 3.63) is 35.4 Å². The van der Waals surface area contributed by atoms with Crippen LogP contribution in [0.4, 0.5) is 4.79 Å². The smallest absolute Gasteiger partial charge is 0.315 e. The molecule has 0 radical (unpaired) electrons. The molecule has 0 bridgehead atoms. The highest BCUT2D eigenvalue weighted by Crippen LogP contribution is 2.32. The molecule has 108 valence electrons. The molecule has 5 heteroatoms. The molecule has 1 aliphatic carbocycles. The molecule has 4 nitrogen and oxygen atoms in total. The van der Waals surface area contributed by atoms with Crippen molar-refractivity contribution in [2.45, 2.75) is 37.8 Å². The van der Waals surface area contributed by atoms with Gasteiger partial charge in [-0.3, -0.25) is 4.21 Å². The van der Waals surface area contributed by atoms with E-state index in [0.717, 1.165) is 12.8 Å². The van der Waals surface area contributed by atoms with Gasteiger partial charge < -0.3 is 10.6 Å². The van der Waals surface area contributed by atoms with E-state index >= 15 is 0 Å². The zero-order valence-electron chi connectivity index (χ0n) is 11.6. The van der Waals surface area contributed by atoms with Crippen molar-refractivity contribution in [1.29, 1.82) is 0 Å². The molecule has 2 N–H and O–H groups in total. The summed E-state index contributed by atoms with van der Waals surface area (Å²) in [7, 11) is -0.755. The van der Waals surface area contributed by atoms with Crippen LogP contribution in [0.2, 0.25) is 0 Å². The fourth-order valence-electron chi connectivity index (χ4n) is 3.14. The number of hydrogen-bond donors (Lipinski definition) is 2. The van der Waals surface area contributed by atoms with Gasteiger partial charge in [-0.25, -0.2) is 4.79 Å². The van der Waals surface area contributed by atoms with E-state index in [0.29, 0.717) is 17.4 Å². The first-order chi connectivity index (χ1) is 9.63. The summed E-state index contributed by atoms with van der Waals surface area (Å²) in [5.74, 6) is 1.64. The second-order valence-corrected chi connectivity index (χ2v) is 7.33. The largest absolute Gasteiger partial charge is 0.334 e. The van der Waals surface area contributed by atoms with Gasteiger partial charge >= 0.3 is 6.03 Å². The Morgan fingerprint density at radius 2 is 2.10 bits per heavy atom. The summed E-state index contributed by atoms with van der Waals surface area (Å²) in [5.41, 5.74) is 2.66. The third kappa shape index (κ3) is 2.73. The first-order valence-corrected chi connectivity index (χ1v) is 8.62. The number of rotatable bonds is 2. The van der Waals surface area contributed by atoms with Gasteiger partial charge in [-0.05, 0) is 24.0 Å². The monoisotopic (exact) mass is 292 g/mol. The Morgan fingerprint density at radius 3 is 2.80 bits per heavy atom. The molecule has 1 heterocycles. The number of carbonyl (C=O) groups is 1. The third-order valence-corrected chi connectivity index (χ3v) is 5.79. The predicted molar refractivity (Wildman–Crippen MR) is 80.3 cm³/mol. The summed E-state index contributed by atoms with van der Waals surface area (Å²) in [6.07, 6.45) is 1.71. The van der Waals surface area contributed by atoms with Gasteiger partial charge in [-0.2, -0.15) is 0 Å². The first-order valence-electron chi connectivity index (χ1n) is 7.13. The number of fused-ring (bicyclic) bond motifs is 1. The lowest BCUT2D eigenvalue weighted by molar-refractivity contribution is 0.233. The lowest BCUT2D eigenvalue weighted by Gasteiger charge is -2.20. The van der Waals surface area contributed by atoms with Gasteiger partial charge in [0.05, 0.1) is 0 Å². The standard InChI is InChI=1S/C15H20N2O2S/c1-10-13-5-3-2-4-11(13)8-14(10)17-15(18)16-12-6-7-20(19)9-12/h2-5,10,12,14H,6-9H2,1H3,(H2,16,17,18)/t10-,12?,14+,20?/m0/s1. The van der Waals surface area contributed by atoms with Crippen LogP contribution in [0.1, 0.15) is 30.4 Å². The van der Waals surface area contributed by atoms with E-state index in [1.165, 1.54) is 11.1 Å². The fourth-order valence-corrected chi connectivity index (χ4v) is 4.56. The molecule has 1 fully saturated rings. The van der Waals surface area contributed by atoms with Crippen LogP contribution in [0.25, 0.3) is 0 Å². The summed E-state index contributed by atoms with van der Waals surface area (Å²) in [6.45, 7) is 2.15. The van der Waals surface area contributed by atoms with Crippen molar-refractivity contribution in [3.63, 3.8) is 0 Å². The lowest BCUT2D eigenvalue weighted by atomic mass is 10.0. The molecule has 3 rings (SSSR count). The number of benzene rings is 1. The number of nitrogens with one attached hydrogen (secondary N) is 2. The zero-order chi connectivity index (χ0) is 14.1. The topological polar surface area (TPSA) is 58.2 Å². The van der Waals surface area contributed by atoms with E-state index < -0.39 is 10.8 Å². The van der Waals surface area contributed by atoms with Crippen LogP contribution >= 0.6 is 0 Å². The van der Waals surface area contributed by atoms with Crippen LogP contribution in [0.15, 0.2) is 24.3 Å². The van der Waals surface area contributed by atoms with Gasteiger partial charge in [0.1, 0.15) is 0 Å². The second kappa shape index (κ2) is 5.56. The molecule has 0 spiro atoms. The van der Waals surface area contributed by atoms with Crippen molar-refractivity contribution in [2.24, 2.45) is 0 Å². The van der Waals surface area contributed by atoms with Crippen molar-refractivity contribution in [1.82, 2.24) is 10.6 Å². The minimum atomic E-state index is -0.755. The minimum absolute atomic E-state index is 0.0647. The Hall–Kier alpha value is -1.36. The highest BCUT2D eigenvalue weighted by molar-refractivity contribution is 7.85. The summed E-state index contributed by atoms with van der Waals surface area (Å²) in [4.78, 5) is 12.0. The lowest BCUT2D eigenvalue weighted by Crippen LogP contribution is -2.47. The van der Waals surface area contributed by atoms with Crippen LogP contribution in [0.5, 0.6) is 0 Å². The van der Waals surface area contributed by atoms with Crippen molar-refractivity contribution >= 4 is 16.8 Å². The molecule has 0 saturated carbocycles. The quantitative estimate of drug-likeness (QED) is 0.868. The van der Waals surface area contributed by atoms with Gasteiger partial charge in [0.25, 0.3) is 0 Å². The maximum Gasteiger partial charge on any atom is 0.315 e. The molecule has 2 amide bonds. The number of hydrogen-bond acceptors (Lipinski definition) is 2. The summed E-state index contributed by atoms with van der Waals surface area (Å²) in [6, 6.07) is 8.45. The van der Waals surface area contributed by atoms with E-state index in [4.69, 9.17) is 0 Å².